The molecule has 5 heteroatoms. The van der Waals surface area contributed by atoms with Gasteiger partial charge in [-0.15, -0.1) is 0 Å². The minimum Gasteiger partial charge on any atom is -0.480 e. The molecule has 0 bridgehead atoms. The molecule has 0 aromatic rings. The van der Waals surface area contributed by atoms with Crippen LogP contribution in [-0.4, -0.2) is 29.7 Å². The van der Waals surface area contributed by atoms with E-state index in [4.69, 9.17) is 15.6 Å². The summed E-state index contributed by atoms with van der Waals surface area (Å²) in [6, 6.07) is -0.791. The second-order valence-corrected chi connectivity index (χ2v) is 4.74. The molecule has 0 amide bonds. The van der Waals surface area contributed by atoms with Gasteiger partial charge >= 0.3 is 11.9 Å². The molecular weight excluding hydrogens is 234 g/mol. The highest BCUT2D eigenvalue weighted by molar-refractivity contribution is 5.72. The van der Waals surface area contributed by atoms with E-state index in [1.165, 1.54) is 5.57 Å². The molecule has 3 N–H and O–H groups in total. The maximum atomic E-state index is 11.3. The summed E-state index contributed by atoms with van der Waals surface area (Å²) in [7, 11) is 0. The lowest BCUT2D eigenvalue weighted by molar-refractivity contribution is -0.144. The van der Waals surface area contributed by atoms with Gasteiger partial charge in [-0.05, 0) is 19.8 Å². The van der Waals surface area contributed by atoms with Gasteiger partial charge in [0.15, 0.2) is 0 Å². The fraction of sp³-hybridized carbons (Fsp3) is 0.692. The van der Waals surface area contributed by atoms with Crippen LogP contribution < -0.4 is 5.73 Å². The van der Waals surface area contributed by atoms with Crippen molar-refractivity contribution in [1.29, 1.82) is 0 Å². The van der Waals surface area contributed by atoms with Gasteiger partial charge in [0.2, 0.25) is 0 Å². The highest BCUT2D eigenvalue weighted by atomic mass is 16.5. The second-order valence-electron chi connectivity index (χ2n) is 4.74. The quantitative estimate of drug-likeness (QED) is 0.370. The number of carbonyl (C=O) groups is 2. The Morgan fingerprint density at radius 2 is 2.11 bits per heavy atom. The van der Waals surface area contributed by atoms with Crippen molar-refractivity contribution < 1.29 is 19.4 Å². The van der Waals surface area contributed by atoms with E-state index in [-0.39, 0.29) is 5.97 Å². The molecule has 1 unspecified atom stereocenters. The van der Waals surface area contributed by atoms with Crippen molar-refractivity contribution in [1.82, 2.24) is 0 Å². The summed E-state index contributed by atoms with van der Waals surface area (Å²) in [5, 5.41) is 8.57. The van der Waals surface area contributed by atoms with Crippen LogP contribution in [0.15, 0.2) is 11.6 Å². The van der Waals surface area contributed by atoms with Crippen molar-refractivity contribution in [2.45, 2.75) is 45.1 Å². The van der Waals surface area contributed by atoms with E-state index in [1.807, 2.05) is 6.92 Å². The summed E-state index contributed by atoms with van der Waals surface area (Å²) in [5.74, 6) is -0.783. The van der Waals surface area contributed by atoms with Crippen LogP contribution in [-0.2, 0) is 14.3 Å². The molecule has 1 aliphatic carbocycles. The number of carboxylic acids is 1. The SMILES string of the molecule is CC1=CC1COC(=O)CCCCC[C@@H](N)C(=O)O. The topological polar surface area (TPSA) is 89.6 Å². The normalized spacial score (nSPS) is 19.0. The lowest BCUT2D eigenvalue weighted by atomic mass is 10.1. The minimum atomic E-state index is -0.971. The molecule has 0 aliphatic heterocycles. The summed E-state index contributed by atoms with van der Waals surface area (Å²) < 4.78 is 5.09. The number of rotatable bonds is 9. The van der Waals surface area contributed by atoms with Gasteiger partial charge in [-0.2, -0.15) is 0 Å². The highest BCUT2D eigenvalue weighted by Crippen LogP contribution is 2.27. The third-order valence-corrected chi connectivity index (χ3v) is 3.08. The van der Waals surface area contributed by atoms with E-state index in [0.29, 0.717) is 25.4 Å². The average Bonchev–Trinajstić information content (AvgIpc) is 3.02. The van der Waals surface area contributed by atoms with Crippen LogP contribution >= 0.6 is 0 Å². The van der Waals surface area contributed by atoms with Gasteiger partial charge in [-0.25, -0.2) is 0 Å². The summed E-state index contributed by atoms with van der Waals surface area (Å²) in [5.41, 5.74) is 6.65. The third kappa shape index (κ3) is 5.82. The number of nitrogens with two attached hydrogens (primary N) is 1. The molecule has 0 saturated heterocycles. The lowest BCUT2D eigenvalue weighted by Crippen LogP contribution is -2.29. The maximum absolute atomic E-state index is 11.3. The van der Waals surface area contributed by atoms with E-state index < -0.39 is 12.0 Å². The molecule has 2 atom stereocenters. The maximum Gasteiger partial charge on any atom is 0.320 e. The predicted molar refractivity (Wildman–Crippen MR) is 66.9 cm³/mol. The Bertz CT molecular complexity index is 338. The first kappa shape index (κ1) is 14.7. The Morgan fingerprint density at radius 1 is 1.44 bits per heavy atom. The Morgan fingerprint density at radius 3 is 2.67 bits per heavy atom. The van der Waals surface area contributed by atoms with E-state index in [0.717, 1.165) is 19.3 Å². The summed E-state index contributed by atoms with van der Waals surface area (Å²) in [6.45, 7) is 2.48. The number of ether oxygens (including phenoxy) is 1. The summed E-state index contributed by atoms with van der Waals surface area (Å²) >= 11 is 0. The Kier molecular flexibility index (Phi) is 5.85. The van der Waals surface area contributed by atoms with Crippen LogP contribution in [0.4, 0.5) is 0 Å². The zero-order chi connectivity index (χ0) is 13.5. The molecule has 0 heterocycles. The summed E-state index contributed by atoms with van der Waals surface area (Å²) in [4.78, 5) is 21.8. The van der Waals surface area contributed by atoms with Crippen LogP contribution in [0.5, 0.6) is 0 Å². The van der Waals surface area contributed by atoms with Crippen molar-refractivity contribution in [3.05, 3.63) is 11.6 Å². The lowest BCUT2D eigenvalue weighted by Gasteiger charge is -2.06. The van der Waals surface area contributed by atoms with Gasteiger partial charge in [-0.3, -0.25) is 9.59 Å². The largest absolute Gasteiger partial charge is 0.480 e. The van der Waals surface area contributed by atoms with Crippen LogP contribution in [0.3, 0.4) is 0 Å². The van der Waals surface area contributed by atoms with Crippen molar-refractivity contribution in [2.75, 3.05) is 6.61 Å². The van der Waals surface area contributed by atoms with Crippen molar-refractivity contribution >= 4 is 11.9 Å². The van der Waals surface area contributed by atoms with Crippen molar-refractivity contribution in [2.24, 2.45) is 11.7 Å². The zero-order valence-corrected chi connectivity index (χ0v) is 10.7. The van der Waals surface area contributed by atoms with Crippen molar-refractivity contribution in [3.63, 3.8) is 0 Å². The molecule has 5 nitrogen and oxygen atoms in total. The number of esters is 1. The van der Waals surface area contributed by atoms with Crippen LogP contribution in [0.25, 0.3) is 0 Å². The Labute approximate surface area is 107 Å². The molecule has 0 aromatic heterocycles. The first-order valence-electron chi connectivity index (χ1n) is 6.33. The number of unbranched alkanes of at least 4 members (excludes halogenated alkanes) is 2. The number of hydrogen-bond donors (Lipinski definition) is 2. The zero-order valence-electron chi connectivity index (χ0n) is 10.7. The Hall–Kier alpha value is -1.36. The second kappa shape index (κ2) is 7.16. The standard InChI is InChI=1S/C13H21NO4/c1-9-7-10(9)8-18-12(15)6-4-2-3-5-11(14)13(16)17/h7,10-11H,2-6,8,14H2,1H3,(H,16,17)/t10?,11-/m1/s1. The molecule has 0 saturated carbocycles. The smallest absolute Gasteiger partial charge is 0.320 e. The van der Waals surface area contributed by atoms with Gasteiger partial charge in [-0.1, -0.05) is 24.5 Å². The first-order valence-corrected chi connectivity index (χ1v) is 6.33. The van der Waals surface area contributed by atoms with E-state index >= 15 is 0 Å². The highest BCUT2D eigenvalue weighted by Gasteiger charge is 2.21. The van der Waals surface area contributed by atoms with E-state index in [1.54, 1.807) is 0 Å². The molecule has 18 heavy (non-hydrogen) atoms. The minimum absolute atomic E-state index is 0.175. The number of carboxylic acid groups (broad SMARTS) is 1. The fourth-order valence-corrected chi connectivity index (χ4v) is 1.64. The molecule has 1 rings (SSSR count). The molecule has 0 radical (unpaired) electrons. The van der Waals surface area contributed by atoms with E-state index in [2.05, 4.69) is 6.08 Å². The molecule has 0 fully saturated rings. The van der Waals surface area contributed by atoms with Gasteiger partial charge < -0.3 is 15.6 Å². The molecule has 1 aliphatic rings. The monoisotopic (exact) mass is 255 g/mol. The molecule has 0 aromatic carbocycles. The van der Waals surface area contributed by atoms with Crippen LogP contribution in [0.1, 0.15) is 39.0 Å². The first-order chi connectivity index (χ1) is 8.50. The van der Waals surface area contributed by atoms with Gasteiger partial charge in [0.1, 0.15) is 12.6 Å². The van der Waals surface area contributed by atoms with Crippen molar-refractivity contribution in [3.8, 4) is 0 Å². The number of aliphatic carboxylic acids is 1. The molecule has 102 valence electrons. The molecule has 0 spiro atoms. The number of carbonyl (C=O) groups excluding carboxylic acids is 1. The third-order valence-electron chi connectivity index (χ3n) is 3.08. The Balaban J connectivity index is 1.90. The summed E-state index contributed by atoms with van der Waals surface area (Å²) in [6.07, 6.45) is 5.17. The fourth-order valence-electron chi connectivity index (χ4n) is 1.64. The van der Waals surface area contributed by atoms with Gasteiger partial charge in [0.25, 0.3) is 0 Å². The van der Waals surface area contributed by atoms with Crippen LogP contribution in [0, 0.1) is 5.92 Å². The molecular formula is C13H21NO4. The van der Waals surface area contributed by atoms with Gasteiger partial charge in [0.05, 0.1) is 0 Å². The van der Waals surface area contributed by atoms with Crippen LogP contribution in [0.2, 0.25) is 0 Å². The van der Waals surface area contributed by atoms with E-state index in [9.17, 15) is 9.59 Å². The number of hydrogen-bond acceptors (Lipinski definition) is 4. The average molecular weight is 255 g/mol. The van der Waals surface area contributed by atoms with Gasteiger partial charge in [0, 0.05) is 12.3 Å². The predicted octanol–water partition coefficient (Wildman–Crippen LogP) is 1.47.